The number of hydrogen-bond acceptors (Lipinski definition) is 12. The number of alkyl carbamates (subject to hydrolysis) is 1. The van der Waals surface area contributed by atoms with Gasteiger partial charge in [0.05, 0.1) is 5.69 Å². The van der Waals surface area contributed by atoms with Gasteiger partial charge in [0.15, 0.2) is 6.10 Å². The number of rotatable bonds is 18. The number of benzene rings is 1. The smallest absolute Gasteiger partial charge is 0.407 e. The molecule has 0 aromatic heterocycles. The second-order valence-corrected chi connectivity index (χ2v) is 10.2. The zero-order valence-electron chi connectivity index (χ0n) is 24.7. The summed E-state index contributed by atoms with van der Waals surface area (Å²) in [5.74, 6) is -6.43. The summed E-state index contributed by atoms with van der Waals surface area (Å²) in [5.41, 5.74) is 0.293. The molecule has 1 aliphatic rings. The van der Waals surface area contributed by atoms with Crippen LogP contribution in [0.3, 0.4) is 0 Å². The lowest BCUT2D eigenvalue weighted by Gasteiger charge is -2.33. The molecule has 17 heteroatoms. The number of ether oxygens (including phenoxy) is 2. The van der Waals surface area contributed by atoms with Gasteiger partial charge < -0.3 is 51.0 Å². The van der Waals surface area contributed by atoms with Gasteiger partial charge in [-0.3, -0.25) is 24.1 Å². The van der Waals surface area contributed by atoms with E-state index in [0.29, 0.717) is 24.8 Å². The molecule has 0 radical (unpaired) electrons. The number of carbonyl (C=O) groups excluding carboxylic acids is 5. The van der Waals surface area contributed by atoms with Crippen LogP contribution in [0.2, 0.25) is 0 Å². The van der Waals surface area contributed by atoms with Gasteiger partial charge in [0.1, 0.15) is 24.6 Å². The van der Waals surface area contributed by atoms with Crippen molar-refractivity contribution in [3.8, 4) is 5.75 Å². The van der Waals surface area contributed by atoms with E-state index in [0.717, 1.165) is 11.8 Å². The number of amides is 5. The molecule has 5 amide bonds. The summed E-state index contributed by atoms with van der Waals surface area (Å²) >= 11 is 0. The van der Waals surface area contributed by atoms with Crippen LogP contribution in [0.1, 0.15) is 44.6 Å². The number of nitrogens with zero attached hydrogens (tertiary/aromatic N) is 1. The van der Waals surface area contributed by atoms with E-state index in [1.807, 2.05) is 0 Å². The van der Waals surface area contributed by atoms with Crippen molar-refractivity contribution in [1.29, 1.82) is 0 Å². The molecule has 0 fully saturated rings. The number of carboxylic acids is 1. The maximum atomic E-state index is 12.7. The first kappa shape index (κ1) is 36.6. The highest BCUT2D eigenvalue weighted by atomic mass is 16.6. The van der Waals surface area contributed by atoms with Gasteiger partial charge >= 0.3 is 12.1 Å². The third kappa shape index (κ3) is 11.5. The molecule has 2 unspecified atom stereocenters. The Kier molecular flexibility index (Phi) is 13.9. The van der Waals surface area contributed by atoms with Crippen molar-refractivity contribution in [2.24, 2.45) is 0 Å². The number of carbonyl (C=O) groups is 6. The van der Waals surface area contributed by atoms with Crippen molar-refractivity contribution in [2.75, 3.05) is 25.5 Å². The minimum absolute atomic E-state index is 0.0432. The average molecular weight is 639 g/mol. The fourth-order valence-electron chi connectivity index (χ4n) is 3.99. The second-order valence-electron chi connectivity index (χ2n) is 10.2. The molecule has 1 heterocycles. The fourth-order valence-corrected chi connectivity index (χ4v) is 3.99. The molecule has 0 saturated carbocycles. The molecule has 1 aromatic rings. The van der Waals surface area contributed by atoms with E-state index in [2.05, 4.69) is 16.0 Å². The van der Waals surface area contributed by atoms with Crippen molar-refractivity contribution in [2.45, 2.75) is 69.7 Å². The summed E-state index contributed by atoms with van der Waals surface area (Å²) < 4.78 is 10.4. The Morgan fingerprint density at radius 2 is 1.64 bits per heavy atom. The zero-order valence-corrected chi connectivity index (χ0v) is 24.7. The second kappa shape index (κ2) is 17.0. The third-order valence-electron chi connectivity index (χ3n) is 6.52. The van der Waals surface area contributed by atoms with Crippen molar-refractivity contribution in [3.63, 3.8) is 0 Å². The fraction of sp³-hybridized carbons (Fsp3) is 0.500. The van der Waals surface area contributed by atoms with Gasteiger partial charge in [-0.15, -0.1) is 0 Å². The molecule has 4 atom stereocenters. The molecular formula is C28H38N4O13. The first-order chi connectivity index (χ1) is 21.2. The number of hydrogen-bond donors (Lipinski definition) is 8. The number of unbranched alkanes of at least 4 members (excludes halogenated alkanes) is 2. The number of anilines is 1. The predicted molar refractivity (Wildman–Crippen MR) is 153 cm³/mol. The molecule has 0 saturated heterocycles. The Balaban J connectivity index is 1.95. The number of aliphatic carboxylic acids is 1. The highest BCUT2D eigenvalue weighted by molar-refractivity contribution is 6.12. The summed E-state index contributed by atoms with van der Waals surface area (Å²) in [4.78, 5) is 71.5. The van der Waals surface area contributed by atoms with E-state index >= 15 is 0 Å². The molecule has 0 aliphatic carbocycles. The standard InChI is InChI=1S/C28H38N4O13/c1-28(43,25(39)23(37)24(38)26(40)41)45-18-8-7-16(15-44-27(42)29-2)14-17(18)31-20(34)11-12-30-19(33)6-4-3-5-13-32-21(35)9-10-22(32)36/h7-10,14,23-25,37-39,43H,3-6,11-13,15H2,1-2H3,(H,29,42)(H,30,33)(H,31,34)(H,40,41)/t23-,24?,25+,28?/m1/s1. The van der Waals surface area contributed by atoms with Gasteiger partial charge in [-0.25, -0.2) is 9.59 Å². The van der Waals surface area contributed by atoms with Gasteiger partial charge in [-0.2, -0.15) is 0 Å². The zero-order chi connectivity index (χ0) is 33.7. The van der Waals surface area contributed by atoms with E-state index in [9.17, 15) is 49.2 Å². The maximum absolute atomic E-state index is 12.7. The minimum atomic E-state index is -2.67. The summed E-state index contributed by atoms with van der Waals surface area (Å²) in [6.07, 6.45) is -3.85. The first-order valence-electron chi connectivity index (χ1n) is 13.9. The molecule has 248 valence electrons. The molecule has 17 nitrogen and oxygen atoms in total. The van der Waals surface area contributed by atoms with Crippen molar-refractivity contribution >= 4 is 41.4 Å². The van der Waals surface area contributed by atoms with Crippen LogP contribution in [0, 0.1) is 0 Å². The predicted octanol–water partition coefficient (Wildman–Crippen LogP) is -1.27. The van der Waals surface area contributed by atoms with Crippen LogP contribution < -0.4 is 20.7 Å². The molecule has 1 aromatic carbocycles. The van der Waals surface area contributed by atoms with Gasteiger partial charge in [0.2, 0.25) is 17.6 Å². The molecule has 2 rings (SSSR count). The molecule has 8 N–H and O–H groups in total. The van der Waals surface area contributed by atoms with Crippen LogP contribution in [0.4, 0.5) is 10.5 Å². The minimum Gasteiger partial charge on any atom is -0.479 e. The monoisotopic (exact) mass is 638 g/mol. The lowest BCUT2D eigenvalue weighted by molar-refractivity contribution is -0.231. The molecule has 0 bridgehead atoms. The molecule has 45 heavy (non-hydrogen) atoms. The van der Waals surface area contributed by atoms with Crippen LogP contribution in [0.15, 0.2) is 30.4 Å². The summed E-state index contributed by atoms with van der Waals surface area (Å²) in [6.45, 7) is 0.875. The molecular weight excluding hydrogens is 600 g/mol. The Morgan fingerprint density at radius 1 is 0.978 bits per heavy atom. The van der Waals surface area contributed by atoms with Crippen molar-refractivity contribution in [1.82, 2.24) is 15.5 Å². The lowest BCUT2D eigenvalue weighted by Crippen LogP contribution is -2.56. The Bertz CT molecular complexity index is 1260. The number of nitrogens with one attached hydrogen (secondary N) is 3. The quantitative estimate of drug-likeness (QED) is 0.0530. The van der Waals surface area contributed by atoms with Gasteiger partial charge in [0, 0.05) is 52.1 Å². The molecule has 1 aliphatic heterocycles. The van der Waals surface area contributed by atoms with E-state index in [1.54, 1.807) is 0 Å². The summed E-state index contributed by atoms with van der Waals surface area (Å²) in [5, 5.41) is 56.7. The van der Waals surface area contributed by atoms with E-state index < -0.39 is 42.1 Å². The Labute approximate surface area is 257 Å². The van der Waals surface area contributed by atoms with Gasteiger partial charge in [-0.05, 0) is 30.5 Å². The maximum Gasteiger partial charge on any atom is 0.407 e. The highest BCUT2D eigenvalue weighted by Crippen LogP contribution is 2.31. The van der Waals surface area contributed by atoms with Crippen LogP contribution in [0.5, 0.6) is 5.75 Å². The van der Waals surface area contributed by atoms with E-state index in [-0.39, 0.29) is 61.7 Å². The summed E-state index contributed by atoms with van der Waals surface area (Å²) in [6, 6.07) is 3.98. The number of aliphatic hydroxyl groups excluding tert-OH is 3. The number of carboxylic acid groups (broad SMARTS) is 1. The third-order valence-corrected chi connectivity index (χ3v) is 6.52. The number of imide groups is 1. The van der Waals surface area contributed by atoms with Gasteiger partial charge in [-0.1, -0.05) is 12.5 Å². The summed E-state index contributed by atoms with van der Waals surface area (Å²) in [7, 11) is 1.35. The van der Waals surface area contributed by atoms with E-state index in [4.69, 9.17) is 14.6 Å². The normalized spacial score (nSPS) is 15.9. The average Bonchev–Trinajstić information content (AvgIpc) is 3.31. The lowest BCUT2D eigenvalue weighted by atomic mass is 10.0. The highest BCUT2D eigenvalue weighted by Gasteiger charge is 2.43. The van der Waals surface area contributed by atoms with E-state index in [1.165, 1.54) is 37.4 Å². The van der Waals surface area contributed by atoms with Crippen LogP contribution in [0.25, 0.3) is 0 Å². The SMILES string of the molecule is CNC(=O)OCc1ccc(OC(C)(O)[C@@H](O)[C@H](O)C(O)C(=O)O)c(NC(=O)CCNC(=O)CCCCCN2C(=O)C=CC2=O)c1. The van der Waals surface area contributed by atoms with Crippen LogP contribution in [-0.2, 0) is 35.3 Å². The van der Waals surface area contributed by atoms with Crippen molar-refractivity contribution < 1.29 is 63.8 Å². The van der Waals surface area contributed by atoms with Gasteiger partial charge in [0.25, 0.3) is 11.8 Å². The van der Waals surface area contributed by atoms with Crippen molar-refractivity contribution in [3.05, 3.63) is 35.9 Å². The van der Waals surface area contributed by atoms with Crippen LogP contribution >= 0.6 is 0 Å². The largest absolute Gasteiger partial charge is 0.479 e. The topological polar surface area (TPSA) is 261 Å². The Hall–Kier alpha value is -4.58. The van der Waals surface area contributed by atoms with Crippen LogP contribution in [-0.4, -0.2) is 110 Å². The number of aliphatic hydroxyl groups is 4. The Morgan fingerprint density at radius 3 is 2.27 bits per heavy atom. The first-order valence-corrected chi connectivity index (χ1v) is 13.9. The molecule has 0 spiro atoms.